The average molecular weight is 183 g/mol. The molecule has 1 heterocycles. The highest BCUT2D eigenvalue weighted by molar-refractivity contribution is 5.76. The summed E-state index contributed by atoms with van der Waals surface area (Å²) in [7, 11) is 1.43. The molecule has 0 saturated carbocycles. The zero-order chi connectivity index (χ0) is 9.84. The Morgan fingerprint density at radius 3 is 2.77 bits per heavy atom. The van der Waals surface area contributed by atoms with E-state index in [-0.39, 0.29) is 12.0 Å². The number of hydrogen-bond donors (Lipinski definition) is 1. The zero-order valence-electron chi connectivity index (χ0n) is 8.46. The summed E-state index contributed by atoms with van der Waals surface area (Å²) in [5, 5.41) is 3.14. The fourth-order valence-electron chi connectivity index (χ4n) is 1.68. The normalized spacial score (nSPS) is 27.0. The number of carbonyl (C=O) groups is 1. The van der Waals surface area contributed by atoms with E-state index in [0.29, 0.717) is 5.92 Å². The Labute approximate surface area is 79.2 Å². The van der Waals surface area contributed by atoms with Gasteiger partial charge in [-0.25, -0.2) is 0 Å². The number of hydrogen-bond acceptors (Lipinski definition) is 3. The molecule has 0 aromatic carbocycles. The van der Waals surface area contributed by atoms with Crippen LogP contribution in [0.5, 0.6) is 0 Å². The molecule has 1 saturated heterocycles. The van der Waals surface area contributed by atoms with Gasteiger partial charge in [0.05, 0.1) is 7.11 Å². The molecule has 0 radical (unpaired) electrons. The standard InChI is InChI=1S/C10H17NO2/c1-7(2)4-8-5-9(11-6-8)10(12)13-3/h4,8-9,11H,5-6H2,1-3H3/t8-,9+/m1/s1. The molecule has 0 unspecified atom stereocenters. The molecule has 0 bridgehead atoms. The van der Waals surface area contributed by atoms with Gasteiger partial charge in [-0.05, 0) is 26.2 Å². The van der Waals surface area contributed by atoms with E-state index >= 15 is 0 Å². The Bertz CT molecular complexity index is 219. The van der Waals surface area contributed by atoms with Crippen molar-refractivity contribution >= 4 is 5.97 Å². The van der Waals surface area contributed by atoms with Crippen LogP contribution in [-0.4, -0.2) is 25.7 Å². The summed E-state index contributed by atoms with van der Waals surface area (Å²) < 4.78 is 4.67. The maximum atomic E-state index is 11.1. The first-order valence-electron chi connectivity index (χ1n) is 4.59. The Balaban J connectivity index is 2.45. The lowest BCUT2D eigenvalue weighted by Crippen LogP contribution is -2.31. The summed E-state index contributed by atoms with van der Waals surface area (Å²) in [6, 6.07) is -0.106. The van der Waals surface area contributed by atoms with E-state index in [9.17, 15) is 4.79 Å². The van der Waals surface area contributed by atoms with Gasteiger partial charge in [-0.2, -0.15) is 0 Å². The van der Waals surface area contributed by atoms with Crippen LogP contribution in [0.25, 0.3) is 0 Å². The maximum absolute atomic E-state index is 11.1. The third kappa shape index (κ3) is 2.84. The van der Waals surface area contributed by atoms with Crippen molar-refractivity contribution in [3.8, 4) is 0 Å². The van der Waals surface area contributed by atoms with Gasteiger partial charge in [0.1, 0.15) is 6.04 Å². The molecule has 0 aromatic rings. The van der Waals surface area contributed by atoms with E-state index in [1.807, 2.05) is 0 Å². The largest absolute Gasteiger partial charge is 0.468 e. The van der Waals surface area contributed by atoms with Crippen molar-refractivity contribution in [3.05, 3.63) is 11.6 Å². The molecule has 1 N–H and O–H groups in total. The van der Waals surface area contributed by atoms with Gasteiger partial charge in [-0.15, -0.1) is 0 Å². The Morgan fingerprint density at radius 2 is 2.23 bits per heavy atom. The van der Waals surface area contributed by atoms with Crippen LogP contribution in [-0.2, 0) is 9.53 Å². The summed E-state index contributed by atoms with van der Waals surface area (Å²) in [5.74, 6) is 0.332. The lowest BCUT2D eigenvalue weighted by atomic mass is 10.0. The Hall–Kier alpha value is -0.830. The van der Waals surface area contributed by atoms with Crippen molar-refractivity contribution in [2.75, 3.05) is 13.7 Å². The predicted octanol–water partition coefficient (Wildman–Crippen LogP) is 1.10. The van der Waals surface area contributed by atoms with Gasteiger partial charge in [0.25, 0.3) is 0 Å². The lowest BCUT2D eigenvalue weighted by Gasteiger charge is -2.06. The van der Waals surface area contributed by atoms with Crippen molar-refractivity contribution in [2.24, 2.45) is 5.92 Å². The van der Waals surface area contributed by atoms with E-state index in [2.05, 4.69) is 30.0 Å². The van der Waals surface area contributed by atoms with Crippen LogP contribution in [0.15, 0.2) is 11.6 Å². The summed E-state index contributed by atoms with van der Waals surface area (Å²) >= 11 is 0. The molecule has 1 aliphatic heterocycles. The van der Waals surface area contributed by atoms with Crippen molar-refractivity contribution in [3.63, 3.8) is 0 Å². The number of ether oxygens (including phenoxy) is 1. The van der Waals surface area contributed by atoms with E-state index in [0.717, 1.165) is 13.0 Å². The van der Waals surface area contributed by atoms with Crippen molar-refractivity contribution in [1.82, 2.24) is 5.32 Å². The molecular formula is C10H17NO2. The third-order valence-electron chi connectivity index (χ3n) is 2.22. The molecule has 74 valence electrons. The van der Waals surface area contributed by atoms with Crippen LogP contribution in [0.2, 0.25) is 0 Å². The molecule has 1 fully saturated rings. The van der Waals surface area contributed by atoms with Crippen LogP contribution in [0.3, 0.4) is 0 Å². The minimum absolute atomic E-state index is 0.106. The topological polar surface area (TPSA) is 38.3 Å². The molecule has 3 heteroatoms. The van der Waals surface area contributed by atoms with Crippen LogP contribution >= 0.6 is 0 Å². The quantitative estimate of drug-likeness (QED) is 0.514. The minimum Gasteiger partial charge on any atom is -0.468 e. The second-order valence-corrected chi connectivity index (χ2v) is 3.72. The van der Waals surface area contributed by atoms with Gasteiger partial charge < -0.3 is 10.1 Å². The van der Waals surface area contributed by atoms with Crippen LogP contribution in [0.4, 0.5) is 0 Å². The molecule has 0 aromatic heterocycles. The van der Waals surface area contributed by atoms with Crippen LogP contribution in [0, 0.1) is 5.92 Å². The maximum Gasteiger partial charge on any atom is 0.322 e. The van der Waals surface area contributed by atoms with Gasteiger partial charge in [0.2, 0.25) is 0 Å². The Kier molecular flexibility index (Phi) is 3.48. The first kappa shape index (κ1) is 10.3. The van der Waals surface area contributed by atoms with Crippen molar-refractivity contribution < 1.29 is 9.53 Å². The summed E-state index contributed by atoms with van der Waals surface area (Å²) in [5.41, 5.74) is 1.30. The second kappa shape index (κ2) is 4.42. The molecule has 3 nitrogen and oxygen atoms in total. The van der Waals surface area contributed by atoms with E-state index < -0.39 is 0 Å². The number of esters is 1. The second-order valence-electron chi connectivity index (χ2n) is 3.72. The molecule has 1 rings (SSSR count). The van der Waals surface area contributed by atoms with Gasteiger partial charge in [-0.1, -0.05) is 11.6 Å². The smallest absolute Gasteiger partial charge is 0.322 e. The average Bonchev–Trinajstić information content (AvgIpc) is 2.50. The van der Waals surface area contributed by atoms with E-state index in [1.54, 1.807) is 0 Å². The minimum atomic E-state index is -0.148. The number of nitrogens with one attached hydrogen (secondary N) is 1. The number of rotatable bonds is 2. The number of methoxy groups -OCH3 is 1. The fourth-order valence-corrected chi connectivity index (χ4v) is 1.68. The Morgan fingerprint density at radius 1 is 1.54 bits per heavy atom. The summed E-state index contributed by atoms with van der Waals surface area (Å²) in [4.78, 5) is 11.1. The SMILES string of the molecule is COC(=O)[C@@H]1C[C@@H](C=C(C)C)CN1. The molecule has 2 atom stereocenters. The molecular weight excluding hydrogens is 166 g/mol. The first-order chi connectivity index (χ1) is 6.13. The van der Waals surface area contributed by atoms with Crippen molar-refractivity contribution in [1.29, 1.82) is 0 Å². The summed E-state index contributed by atoms with van der Waals surface area (Å²) in [6.45, 7) is 5.03. The van der Waals surface area contributed by atoms with Gasteiger partial charge in [-0.3, -0.25) is 4.79 Å². The van der Waals surface area contributed by atoms with Gasteiger partial charge >= 0.3 is 5.97 Å². The van der Waals surface area contributed by atoms with E-state index in [1.165, 1.54) is 12.7 Å². The van der Waals surface area contributed by atoms with Crippen LogP contribution in [0.1, 0.15) is 20.3 Å². The number of allylic oxidation sites excluding steroid dienone is 1. The zero-order valence-corrected chi connectivity index (χ0v) is 8.46. The molecule has 13 heavy (non-hydrogen) atoms. The lowest BCUT2D eigenvalue weighted by molar-refractivity contribution is -0.142. The highest BCUT2D eigenvalue weighted by Crippen LogP contribution is 2.17. The molecule has 0 amide bonds. The van der Waals surface area contributed by atoms with E-state index in [4.69, 9.17) is 0 Å². The van der Waals surface area contributed by atoms with Gasteiger partial charge in [0.15, 0.2) is 0 Å². The monoisotopic (exact) mass is 183 g/mol. The fraction of sp³-hybridized carbons (Fsp3) is 0.700. The first-order valence-corrected chi connectivity index (χ1v) is 4.59. The highest BCUT2D eigenvalue weighted by atomic mass is 16.5. The molecule has 1 aliphatic rings. The molecule has 0 spiro atoms. The van der Waals surface area contributed by atoms with Crippen molar-refractivity contribution in [2.45, 2.75) is 26.3 Å². The summed E-state index contributed by atoms with van der Waals surface area (Å²) in [6.07, 6.45) is 3.06. The third-order valence-corrected chi connectivity index (χ3v) is 2.22. The highest BCUT2D eigenvalue weighted by Gasteiger charge is 2.28. The van der Waals surface area contributed by atoms with Gasteiger partial charge in [0, 0.05) is 6.54 Å². The van der Waals surface area contributed by atoms with Crippen LogP contribution < -0.4 is 5.32 Å². The number of carbonyl (C=O) groups excluding carboxylic acids is 1. The molecule has 0 aliphatic carbocycles. The predicted molar refractivity (Wildman–Crippen MR) is 51.3 cm³/mol.